The third kappa shape index (κ3) is 5.24. The molecule has 166 valence electrons. The summed E-state index contributed by atoms with van der Waals surface area (Å²) >= 11 is 0. The van der Waals surface area contributed by atoms with Gasteiger partial charge in [-0.2, -0.15) is 5.10 Å². The Morgan fingerprint density at radius 1 is 1.35 bits per heavy atom. The fourth-order valence-electron chi connectivity index (χ4n) is 4.45. The monoisotopic (exact) mass is 425 g/mol. The summed E-state index contributed by atoms with van der Waals surface area (Å²) in [6, 6.07) is 10.8. The minimum Gasteiger partial charge on any atom is -0.497 e. The van der Waals surface area contributed by atoms with Crippen LogP contribution in [-0.2, 0) is 11.2 Å². The van der Waals surface area contributed by atoms with Crippen molar-refractivity contribution in [2.24, 2.45) is 5.10 Å². The molecule has 5 nitrogen and oxygen atoms in total. The van der Waals surface area contributed by atoms with E-state index in [1.54, 1.807) is 19.2 Å². The maximum Gasteiger partial charge on any atom is 0.244 e. The normalized spacial score (nSPS) is 17.5. The van der Waals surface area contributed by atoms with Gasteiger partial charge in [-0.15, -0.1) is 0 Å². The standard InChI is InChI=1S/C25H32FN3O2/c1-6-10-29-23-14-22(26)19(13-21(23)17(2)15-25(29,3)4)16-27-28-24(30)12-18-8-7-9-20(11-18)31-5/h7-9,11,13-14,16-17H,6,10,12,15H2,1-5H3,(H,28,30)/b27-16+. The Morgan fingerprint density at radius 3 is 2.84 bits per heavy atom. The van der Waals surface area contributed by atoms with Crippen LogP contribution in [0.3, 0.4) is 0 Å². The maximum absolute atomic E-state index is 14.9. The summed E-state index contributed by atoms with van der Waals surface area (Å²) in [5.74, 6) is 0.399. The Labute approximate surface area is 184 Å². The van der Waals surface area contributed by atoms with E-state index < -0.39 is 0 Å². The van der Waals surface area contributed by atoms with Gasteiger partial charge in [-0.25, -0.2) is 9.82 Å². The number of benzene rings is 2. The van der Waals surface area contributed by atoms with Gasteiger partial charge in [0.05, 0.1) is 19.7 Å². The van der Waals surface area contributed by atoms with Gasteiger partial charge in [0.2, 0.25) is 5.91 Å². The van der Waals surface area contributed by atoms with Crippen LogP contribution in [0.1, 0.15) is 63.1 Å². The first-order valence-electron chi connectivity index (χ1n) is 10.8. The molecule has 0 fully saturated rings. The quantitative estimate of drug-likeness (QED) is 0.500. The van der Waals surface area contributed by atoms with Crippen molar-refractivity contribution in [2.75, 3.05) is 18.6 Å². The van der Waals surface area contributed by atoms with E-state index in [4.69, 9.17) is 4.74 Å². The third-order valence-electron chi connectivity index (χ3n) is 5.84. The molecule has 0 bridgehead atoms. The first kappa shape index (κ1) is 22.8. The van der Waals surface area contributed by atoms with Crippen LogP contribution >= 0.6 is 0 Å². The van der Waals surface area contributed by atoms with E-state index >= 15 is 0 Å². The summed E-state index contributed by atoms with van der Waals surface area (Å²) in [5, 5.41) is 3.99. The lowest BCUT2D eigenvalue weighted by molar-refractivity contribution is -0.120. The number of hydrazone groups is 1. The molecule has 1 aliphatic rings. The van der Waals surface area contributed by atoms with E-state index in [1.165, 1.54) is 6.21 Å². The highest BCUT2D eigenvalue weighted by Gasteiger charge is 2.36. The Hall–Kier alpha value is -2.89. The molecule has 3 rings (SSSR count). The van der Waals surface area contributed by atoms with Crippen LogP contribution in [-0.4, -0.2) is 31.3 Å². The van der Waals surface area contributed by atoms with Crippen LogP contribution in [0.5, 0.6) is 5.75 Å². The fraction of sp³-hybridized carbons (Fsp3) is 0.440. The Morgan fingerprint density at radius 2 is 2.13 bits per heavy atom. The highest BCUT2D eigenvalue weighted by Crippen LogP contribution is 2.44. The predicted octanol–water partition coefficient (Wildman–Crippen LogP) is 5.03. The third-order valence-corrected chi connectivity index (χ3v) is 5.84. The zero-order valence-electron chi connectivity index (χ0n) is 19.0. The van der Waals surface area contributed by atoms with Crippen LogP contribution in [0.4, 0.5) is 10.1 Å². The number of amides is 1. The van der Waals surface area contributed by atoms with Crippen molar-refractivity contribution in [2.45, 2.75) is 58.4 Å². The second-order valence-electron chi connectivity index (χ2n) is 8.82. The number of anilines is 1. The Kier molecular flexibility index (Phi) is 6.98. The number of rotatable bonds is 7. The molecule has 2 aromatic carbocycles. The molecule has 1 amide bonds. The fourth-order valence-corrected chi connectivity index (χ4v) is 4.45. The molecule has 0 saturated heterocycles. The van der Waals surface area contributed by atoms with Crippen molar-refractivity contribution >= 4 is 17.8 Å². The predicted molar refractivity (Wildman–Crippen MR) is 124 cm³/mol. The van der Waals surface area contributed by atoms with E-state index in [0.717, 1.165) is 36.2 Å². The van der Waals surface area contributed by atoms with E-state index in [-0.39, 0.29) is 23.7 Å². The SMILES string of the molecule is CCCN1c2cc(F)c(/C=N/NC(=O)Cc3cccc(OC)c3)cc2C(C)CC1(C)C. The molecule has 2 aromatic rings. The molecule has 6 heteroatoms. The highest BCUT2D eigenvalue weighted by molar-refractivity contribution is 5.85. The average Bonchev–Trinajstić information content (AvgIpc) is 2.71. The van der Waals surface area contributed by atoms with Gasteiger partial charge < -0.3 is 9.64 Å². The number of ether oxygens (including phenoxy) is 1. The maximum atomic E-state index is 14.9. The molecule has 1 N–H and O–H groups in total. The number of methoxy groups -OCH3 is 1. The zero-order chi connectivity index (χ0) is 22.6. The summed E-state index contributed by atoms with van der Waals surface area (Å²) in [4.78, 5) is 14.5. The minimum atomic E-state index is -0.337. The topological polar surface area (TPSA) is 53.9 Å². The summed E-state index contributed by atoms with van der Waals surface area (Å²) < 4.78 is 20.1. The number of hydrogen-bond acceptors (Lipinski definition) is 4. The molecule has 0 radical (unpaired) electrons. The smallest absolute Gasteiger partial charge is 0.244 e. The highest BCUT2D eigenvalue weighted by atomic mass is 19.1. The van der Waals surface area contributed by atoms with Gasteiger partial charge in [-0.1, -0.05) is 26.0 Å². The molecule has 0 saturated carbocycles. The second kappa shape index (κ2) is 9.50. The molecule has 0 aliphatic carbocycles. The van der Waals surface area contributed by atoms with Gasteiger partial charge in [0.25, 0.3) is 0 Å². The molecule has 1 aliphatic heterocycles. The number of fused-ring (bicyclic) bond motifs is 1. The average molecular weight is 426 g/mol. The number of nitrogens with zero attached hydrogens (tertiary/aromatic N) is 2. The number of carbonyl (C=O) groups is 1. The lowest BCUT2D eigenvalue weighted by atomic mass is 9.79. The van der Waals surface area contributed by atoms with E-state index in [2.05, 4.69) is 43.1 Å². The van der Waals surface area contributed by atoms with Crippen LogP contribution in [0.25, 0.3) is 0 Å². The first-order valence-corrected chi connectivity index (χ1v) is 10.8. The molecular weight excluding hydrogens is 393 g/mol. The minimum absolute atomic E-state index is 0.0153. The van der Waals surface area contributed by atoms with Gasteiger partial charge in [0.1, 0.15) is 11.6 Å². The summed E-state index contributed by atoms with van der Waals surface area (Å²) in [7, 11) is 1.58. The van der Waals surface area contributed by atoms with Gasteiger partial charge in [0, 0.05) is 23.3 Å². The summed E-state index contributed by atoms with van der Waals surface area (Å²) in [5.41, 5.74) is 5.76. The Bertz CT molecular complexity index is 971. The molecule has 0 aromatic heterocycles. The summed E-state index contributed by atoms with van der Waals surface area (Å²) in [6.45, 7) is 9.64. The molecule has 31 heavy (non-hydrogen) atoms. The van der Waals surface area contributed by atoms with Crippen molar-refractivity contribution in [1.82, 2.24) is 5.43 Å². The van der Waals surface area contributed by atoms with Gasteiger partial charge >= 0.3 is 0 Å². The van der Waals surface area contributed by atoms with Crippen LogP contribution in [0, 0.1) is 5.82 Å². The van der Waals surface area contributed by atoms with Gasteiger partial charge in [-0.3, -0.25) is 4.79 Å². The number of carbonyl (C=O) groups excluding carboxylic acids is 1. The van der Waals surface area contributed by atoms with Gasteiger partial charge in [-0.05, 0) is 68.0 Å². The van der Waals surface area contributed by atoms with Crippen molar-refractivity contribution in [3.05, 3.63) is 58.9 Å². The number of hydrogen-bond donors (Lipinski definition) is 1. The molecular formula is C25H32FN3O2. The largest absolute Gasteiger partial charge is 0.497 e. The second-order valence-corrected chi connectivity index (χ2v) is 8.82. The lowest BCUT2D eigenvalue weighted by Crippen LogP contribution is -2.48. The number of nitrogens with one attached hydrogen (secondary N) is 1. The van der Waals surface area contributed by atoms with Gasteiger partial charge in [0.15, 0.2) is 0 Å². The van der Waals surface area contributed by atoms with Crippen LogP contribution in [0.2, 0.25) is 0 Å². The van der Waals surface area contributed by atoms with Crippen LogP contribution < -0.4 is 15.1 Å². The summed E-state index contributed by atoms with van der Waals surface area (Å²) in [6.07, 6.45) is 3.55. The molecule has 1 unspecified atom stereocenters. The van der Waals surface area contributed by atoms with Crippen molar-refractivity contribution in [1.29, 1.82) is 0 Å². The number of halogens is 1. The van der Waals surface area contributed by atoms with E-state index in [0.29, 0.717) is 17.2 Å². The van der Waals surface area contributed by atoms with Crippen molar-refractivity contribution in [3.8, 4) is 5.75 Å². The van der Waals surface area contributed by atoms with E-state index in [1.807, 2.05) is 24.3 Å². The lowest BCUT2D eigenvalue weighted by Gasteiger charge is -2.47. The van der Waals surface area contributed by atoms with Crippen molar-refractivity contribution < 1.29 is 13.9 Å². The first-order chi connectivity index (χ1) is 14.7. The molecule has 1 atom stereocenters. The van der Waals surface area contributed by atoms with E-state index in [9.17, 15) is 9.18 Å². The van der Waals surface area contributed by atoms with Crippen LogP contribution in [0.15, 0.2) is 41.5 Å². The molecule has 1 heterocycles. The van der Waals surface area contributed by atoms with Crippen molar-refractivity contribution in [3.63, 3.8) is 0 Å². The Balaban J connectivity index is 1.74. The zero-order valence-corrected chi connectivity index (χ0v) is 19.0. The molecule has 0 spiro atoms.